The van der Waals surface area contributed by atoms with Crippen LogP contribution in [0.1, 0.15) is 12.0 Å². The van der Waals surface area contributed by atoms with Gasteiger partial charge in [0.15, 0.2) is 0 Å². The normalized spacial score (nSPS) is 22.2. The molecule has 0 spiro atoms. The Morgan fingerprint density at radius 2 is 2.19 bits per heavy atom. The van der Waals surface area contributed by atoms with Gasteiger partial charge < -0.3 is 10.1 Å². The molecule has 1 aromatic carbocycles. The average Bonchev–Trinajstić information content (AvgIpc) is 2.80. The Hall–Kier alpha value is -0.710. The van der Waals surface area contributed by atoms with Gasteiger partial charge in [-0.2, -0.15) is 0 Å². The molecule has 1 aromatic rings. The first kappa shape index (κ1) is 11.8. The van der Waals surface area contributed by atoms with E-state index >= 15 is 0 Å². The lowest BCUT2D eigenvalue weighted by atomic mass is 10.2. The van der Waals surface area contributed by atoms with Crippen LogP contribution >= 0.6 is 0 Å². The molecule has 1 heterocycles. The minimum atomic E-state index is -0.884. The number of hydrogen-bond donors (Lipinski definition) is 1. The van der Waals surface area contributed by atoms with Crippen LogP contribution in [0.5, 0.6) is 0 Å². The molecule has 3 nitrogen and oxygen atoms in total. The van der Waals surface area contributed by atoms with E-state index in [1.54, 1.807) is 6.26 Å². The van der Waals surface area contributed by atoms with Gasteiger partial charge in [0.1, 0.15) is 0 Å². The minimum Gasteiger partial charge on any atom is -0.380 e. The van der Waals surface area contributed by atoms with E-state index in [0.29, 0.717) is 6.04 Å². The standard InChI is InChI=1S/C12H17NO2S/c1-16(14)12-4-2-10(3-5-12)8-13-11-6-7-15-9-11/h2-5,11,13H,6-9H2,1H3. The molecule has 0 aliphatic carbocycles. The third-order valence-corrected chi connectivity index (χ3v) is 3.72. The Labute approximate surface area is 98.7 Å². The maximum atomic E-state index is 11.2. The van der Waals surface area contributed by atoms with E-state index in [-0.39, 0.29) is 0 Å². The van der Waals surface area contributed by atoms with Crippen LogP contribution in [0.2, 0.25) is 0 Å². The van der Waals surface area contributed by atoms with Crippen molar-refractivity contribution in [3.8, 4) is 0 Å². The van der Waals surface area contributed by atoms with Crippen molar-refractivity contribution in [3.05, 3.63) is 29.8 Å². The maximum absolute atomic E-state index is 11.2. The predicted octanol–water partition coefficient (Wildman–Crippen LogP) is 1.30. The molecule has 0 saturated carbocycles. The van der Waals surface area contributed by atoms with E-state index in [0.717, 1.165) is 31.1 Å². The van der Waals surface area contributed by atoms with Crippen LogP contribution in [-0.4, -0.2) is 29.7 Å². The van der Waals surface area contributed by atoms with Crippen LogP contribution in [0, 0.1) is 0 Å². The van der Waals surface area contributed by atoms with Gasteiger partial charge in [0.05, 0.1) is 6.61 Å². The Morgan fingerprint density at radius 1 is 1.44 bits per heavy atom. The van der Waals surface area contributed by atoms with Gasteiger partial charge in [-0.25, -0.2) is 0 Å². The lowest BCUT2D eigenvalue weighted by Gasteiger charge is -2.10. The SMILES string of the molecule is CS(=O)c1ccc(CNC2CCOC2)cc1. The van der Waals surface area contributed by atoms with Gasteiger partial charge in [-0.05, 0) is 24.1 Å². The van der Waals surface area contributed by atoms with Crippen LogP contribution in [-0.2, 0) is 22.1 Å². The van der Waals surface area contributed by atoms with Gasteiger partial charge in [0.25, 0.3) is 0 Å². The molecule has 1 saturated heterocycles. The molecule has 0 bridgehead atoms. The van der Waals surface area contributed by atoms with E-state index in [1.165, 1.54) is 5.56 Å². The van der Waals surface area contributed by atoms with Crippen LogP contribution in [0.3, 0.4) is 0 Å². The van der Waals surface area contributed by atoms with Crippen molar-refractivity contribution in [3.63, 3.8) is 0 Å². The Morgan fingerprint density at radius 3 is 2.75 bits per heavy atom. The molecule has 0 amide bonds. The lowest BCUT2D eigenvalue weighted by molar-refractivity contribution is 0.190. The highest BCUT2D eigenvalue weighted by Gasteiger charge is 2.14. The summed E-state index contributed by atoms with van der Waals surface area (Å²) in [6, 6.07) is 8.40. The van der Waals surface area contributed by atoms with Gasteiger partial charge in [-0.15, -0.1) is 0 Å². The molecule has 1 aliphatic heterocycles. The third kappa shape index (κ3) is 3.14. The summed E-state index contributed by atoms with van der Waals surface area (Å²) in [6.45, 7) is 2.53. The van der Waals surface area contributed by atoms with Crippen LogP contribution < -0.4 is 5.32 Å². The molecule has 16 heavy (non-hydrogen) atoms. The fraction of sp³-hybridized carbons (Fsp3) is 0.500. The van der Waals surface area contributed by atoms with Gasteiger partial charge in [0.2, 0.25) is 0 Å². The molecule has 88 valence electrons. The quantitative estimate of drug-likeness (QED) is 0.861. The molecule has 2 atom stereocenters. The molecule has 2 unspecified atom stereocenters. The molecule has 0 radical (unpaired) electrons. The smallest absolute Gasteiger partial charge is 0.0620 e. The first-order chi connectivity index (χ1) is 7.75. The number of nitrogens with one attached hydrogen (secondary N) is 1. The summed E-state index contributed by atoms with van der Waals surface area (Å²) >= 11 is 0. The second-order valence-corrected chi connectivity index (χ2v) is 5.42. The van der Waals surface area contributed by atoms with E-state index in [1.807, 2.05) is 24.3 Å². The second kappa shape index (κ2) is 5.57. The van der Waals surface area contributed by atoms with Crippen molar-refractivity contribution in [1.82, 2.24) is 5.32 Å². The van der Waals surface area contributed by atoms with Crippen molar-refractivity contribution >= 4 is 10.8 Å². The topological polar surface area (TPSA) is 38.3 Å². The third-order valence-electron chi connectivity index (χ3n) is 2.78. The fourth-order valence-corrected chi connectivity index (χ4v) is 2.28. The Bertz CT molecular complexity index is 358. The molecular formula is C12H17NO2S. The second-order valence-electron chi connectivity index (χ2n) is 4.04. The summed E-state index contributed by atoms with van der Waals surface area (Å²) < 4.78 is 16.5. The van der Waals surface area contributed by atoms with Crippen molar-refractivity contribution in [2.24, 2.45) is 0 Å². The summed E-state index contributed by atoms with van der Waals surface area (Å²) in [4.78, 5) is 0.882. The van der Waals surface area contributed by atoms with Crippen LogP contribution in [0.4, 0.5) is 0 Å². The first-order valence-corrected chi connectivity index (χ1v) is 7.05. The van der Waals surface area contributed by atoms with Crippen molar-refractivity contribution in [2.45, 2.75) is 23.9 Å². The van der Waals surface area contributed by atoms with Gasteiger partial charge >= 0.3 is 0 Å². The largest absolute Gasteiger partial charge is 0.380 e. The van der Waals surface area contributed by atoms with Crippen molar-refractivity contribution in [1.29, 1.82) is 0 Å². The monoisotopic (exact) mass is 239 g/mol. The van der Waals surface area contributed by atoms with E-state index in [2.05, 4.69) is 5.32 Å². The predicted molar refractivity (Wildman–Crippen MR) is 64.8 cm³/mol. The van der Waals surface area contributed by atoms with E-state index in [9.17, 15) is 4.21 Å². The lowest BCUT2D eigenvalue weighted by Crippen LogP contribution is -2.28. The highest BCUT2D eigenvalue weighted by molar-refractivity contribution is 7.84. The number of rotatable bonds is 4. The van der Waals surface area contributed by atoms with Crippen molar-refractivity contribution < 1.29 is 8.95 Å². The molecule has 1 N–H and O–H groups in total. The van der Waals surface area contributed by atoms with E-state index in [4.69, 9.17) is 4.74 Å². The summed E-state index contributed by atoms with van der Waals surface area (Å²) in [5.41, 5.74) is 1.22. The maximum Gasteiger partial charge on any atom is 0.0620 e. The minimum absolute atomic E-state index is 0.486. The van der Waals surface area contributed by atoms with Gasteiger partial charge in [-0.3, -0.25) is 4.21 Å². The van der Waals surface area contributed by atoms with Crippen LogP contribution in [0.15, 0.2) is 29.2 Å². The zero-order valence-electron chi connectivity index (χ0n) is 9.44. The fourth-order valence-electron chi connectivity index (χ4n) is 1.76. The summed E-state index contributed by atoms with van der Waals surface area (Å²) in [5.74, 6) is 0. The highest BCUT2D eigenvalue weighted by atomic mass is 32.2. The first-order valence-electron chi connectivity index (χ1n) is 5.49. The van der Waals surface area contributed by atoms with Gasteiger partial charge in [0, 0.05) is 41.1 Å². The number of ether oxygens (including phenoxy) is 1. The Balaban J connectivity index is 1.87. The van der Waals surface area contributed by atoms with E-state index < -0.39 is 10.8 Å². The molecule has 0 aromatic heterocycles. The zero-order valence-corrected chi connectivity index (χ0v) is 10.3. The molecule has 4 heteroatoms. The highest BCUT2D eigenvalue weighted by Crippen LogP contribution is 2.09. The average molecular weight is 239 g/mol. The van der Waals surface area contributed by atoms with Crippen molar-refractivity contribution in [2.75, 3.05) is 19.5 Å². The van der Waals surface area contributed by atoms with Gasteiger partial charge in [-0.1, -0.05) is 12.1 Å². The molecule has 1 aliphatic rings. The Kier molecular flexibility index (Phi) is 4.09. The zero-order chi connectivity index (χ0) is 11.4. The summed E-state index contributed by atoms with van der Waals surface area (Å²) in [6.07, 6.45) is 2.79. The number of benzene rings is 1. The number of hydrogen-bond acceptors (Lipinski definition) is 3. The molecule has 2 rings (SSSR count). The molecular weight excluding hydrogens is 222 g/mol. The summed E-state index contributed by atoms with van der Waals surface area (Å²) in [7, 11) is -0.884. The molecule has 1 fully saturated rings. The van der Waals surface area contributed by atoms with Crippen LogP contribution in [0.25, 0.3) is 0 Å². The summed E-state index contributed by atoms with van der Waals surface area (Å²) in [5, 5.41) is 3.45.